The summed E-state index contributed by atoms with van der Waals surface area (Å²) in [7, 11) is 0. The first-order chi connectivity index (χ1) is 10.0. The molecule has 0 saturated carbocycles. The highest BCUT2D eigenvalue weighted by Crippen LogP contribution is 2.36. The molecule has 5 heteroatoms. The Bertz CT molecular complexity index is 687. The summed E-state index contributed by atoms with van der Waals surface area (Å²) in [4.78, 5) is 13.2. The first-order valence-electron chi connectivity index (χ1n) is 7.18. The lowest BCUT2D eigenvalue weighted by Crippen LogP contribution is -2.51. The highest BCUT2D eigenvalue weighted by atomic mass is 32.1. The number of nitrogens with one attached hydrogen (secondary N) is 1. The zero-order chi connectivity index (χ0) is 15.0. The van der Waals surface area contributed by atoms with Gasteiger partial charge in [0, 0.05) is 16.7 Å². The summed E-state index contributed by atoms with van der Waals surface area (Å²) >= 11 is 1.47. The standard InChI is InChI=1S/C16H20N2O2S/c1-10-5-3-6-11-12(17)14(21-13(10)11)15(19)18-16(2)7-4-8-20-9-16/h3,5-6H,4,7-9,17H2,1-2H3,(H,18,19). The molecule has 0 radical (unpaired) electrons. The topological polar surface area (TPSA) is 64.4 Å². The number of benzene rings is 1. The van der Waals surface area contributed by atoms with Crippen LogP contribution in [0.25, 0.3) is 10.1 Å². The number of anilines is 1. The molecule has 3 N–H and O–H groups in total. The Morgan fingerprint density at radius 2 is 2.29 bits per heavy atom. The number of aryl methyl sites for hydroxylation is 1. The fourth-order valence-corrected chi connectivity index (χ4v) is 3.90. The lowest BCUT2D eigenvalue weighted by molar-refractivity contribution is 0.0274. The second-order valence-electron chi connectivity index (χ2n) is 5.97. The molecular formula is C16H20N2O2S. The third kappa shape index (κ3) is 2.63. The van der Waals surface area contributed by atoms with Gasteiger partial charge in [-0.25, -0.2) is 0 Å². The normalized spacial score (nSPS) is 22.4. The summed E-state index contributed by atoms with van der Waals surface area (Å²) in [6.45, 7) is 5.40. The Kier molecular flexibility index (Phi) is 3.63. The molecule has 112 valence electrons. The molecule has 3 rings (SSSR count). The van der Waals surface area contributed by atoms with Crippen LogP contribution in [0.2, 0.25) is 0 Å². The number of hydrogen-bond acceptors (Lipinski definition) is 4. The maximum Gasteiger partial charge on any atom is 0.264 e. The number of hydrogen-bond donors (Lipinski definition) is 2. The van der Waals surface area contributed by atoms with E-state index in [9.17, 15) is 4.79 Å². The number of nitrogen functional groups attached to an aromatic ring is 1. The van der Waals surface area contributed by atoms with Crippen LogP contribution < -0.4 is 11.1 Å². The van der Waals surface area contributed by atoms with E-state index in [-0.39, 0.29) is 11.4 Å². The number of fused-ring (bicyclic) bond motifs is 1. The molecule has 1 fully saturated rings. The van der Waals surface area contributed by atoms with E-state index in [2.05, 4.69) is 5.32 Å². The Morgan fingerprint density at radius 1 is 1.48 bits per heavy atom. The van der Waals surface area contributed by atoms with E-state index in [0.717, 1.165) is 35.1 Å². The van der Waals surface area contributed by atoms with Crippen LogP contribution in [0.15, 0.2) is 18.2 Å². The Morgan fingerprint density at radius 3 is 2.95 bits per heavy atom. The summed E-state index contributed by atoms with van der Waals surface area (Å²) in [5, 5.41) is 4.07. The third-order valence-corrected chi connectivity index (χ3v) is 5.37. The van der Waals surface area contributed by atoms with Crippen LogP contribution in [0.5, 0.6) is 0 Å². The molecule has 2 heterocycles. The van der Waals surface area contributed by atoms with E-state index >= 15 is 0 Å². The Balaban J connectivity index is 1.91. The van der Waals surface area contributed by atoms with Gasteiger partial charge < -0.3 is 15.8 Å². The molecule has 1 aromatic heterocycles. The van der Waals surface area contributed by atoms with Crippen molar-refractivity contribution in [2.75, 3.05) is 18.9 Å². The number of amides is 1. The van der Waals surface area contributed by atoms with Gasteiger partial charge in [0.15, 0.2) is 0 Å². The quantitative estimate of drug-likeness (QED) is 0.896. The second kappa shape index (κ2) is 5.31. The van der Waals surface area contributed by atoms with E-state index in [1.807, 2.05) is 32.0 Å². The zero-order valence-electron chi connectivity index (χ0n) is 12.4. The Labute approximate surface area is 128 Å². The summed E-state index contributed by atoms with van der Waals surface area (Å²) in [5.74, 6) is -0.0962. The van der Waals surface area contributed by atoms with Gasteiger partial charge >= 0.3 is 0 Å². The minimum absolute atomic E-state index is 0.0962. The van der Waals surface area contributed by atoms with Crippen LogP contribution in [0.3, 0.4) is 0 Å². The highest BCUT2D eigenvalue weighted by molar-refractivity contribution is 7.21. The van der Waals surface area contributed by atoms with Crippen molar-refractivity contribution in [1.82, 2.24) is 5.32 Å². The monoisotopic (exact) mass is 304 g/mol. The van der Waals surface area contributed by atoms with Crippen LogP contribution in [0, 0.1) is 6.92 Å². The Hall–Kier alpha value is -1.59. The van der Waals surface area contributed by atoms with Crippen LogP contribution in [0.4, 0.5) is 5.69 Å². The van der Waals surface area contributed by atoms with Crippen molar-refractivity contribution >= 4 is 33.0 Å². The smallest absolute Gasteiger partial charge is 0.264 e. The van der Waals surface area contributed by atoms with E-state index in [1.165, 1.54) is 11.3 Å². The predicted molar refractivity (Wildman–Crippen MR) is 86.9 cm³/mol. The van der Waals surface area contributed by atoms with Gasteiger partial charge in [-0.1, -0.05) is 18.2 Å². The number of carbonyl (C=O) groups excluding carboxylic acids is 1. The van der Waals surface area contributed by atoms with Crippen molar-refractivity contribution in [3.8, 4) is 0 Å². The SMILES string of the molecule is Cc1cccc2c(N)c(C(=O)NC3(C)CCCOC3)sc12. The molecule has 0 aliphatic carbocycles. The summed E-state index contributed by atoms with van der Waals surface area (Å²) in [6, 6.07) is 5.98. The van der Waals surface area contributed by atoms with Crippen LogP contribution in [-0.2, 0) is 4.74 Å². The number of carbonyl (C=O) groups is 1. The lowest BCUT2D eigenvalue weighted by Gasteiger charge is -2.34. The molecule has 1 aliphatic heterocycles. The minimum Gasteiger partial charge on any atom is -0.397 e. The van der Waals surface area contributed by atoms with Gasteiger partial charge in [0.2, 0.25) is 0 Å². The molecule has 0 spiro atoms. The molecule has 1 amide bonds. The molecule has 4 nitrogen and oxygen atoms in total. The molecule has 1 unspecified atom stereocenters. The highest BCUT2D eigenvalue weighted by Gasteiger charge is 2.31. The summed E-state index contributed by atoms with van der Waals surface area (Å²) < 4.78 is 6.58. The van der Waals surface area contributed by atoms with Gasteiger partial charge in [-0.15, -0.1) is 11.3 Å². The van der Waals surface area contributed by atoms with E-state index < -0.39 is 0 Å². The summed E-state index contributed by atoms with van der Waals surface area (Å²) in [6.07, 6.45) is 1.90. The molecule has 1 saturated heterocycles. The molecule has 2 aromatic rings. The first kappa shape index (κ1) is 14.4. The van der Waals surface area contributed by atoms with Crippen molar-refractivity contribution < 1.29 is 9.53 Å². The first-order valence-corrected chi connectivity index (χ1v) is 8.00. The third-order valence-electron chi connectivity index (χ3n) is 4.01. The molecule has 0 bridgehead atoms. The number of thiophene rings is 1. The van der Waals surface area contributed by atoms with Crippen molar-refractivity contribution in [3.63, 3.8) is 0 Å². The average molecular weight is 304 g/mol. The average Bonchev–Trinajstić information content (AvgIpc) is 2.78. The van der Waals surface area contributed by atoms with Crippen molar-refractivity contribution in [1.29, 1.82) is 0 Å². The maximum absolute atomic E-state index is 12.6. The number of rotatable bonds is 2. The van der Waals surface area contributed by atoms with Gasteiger partial charge in [0.25, 0.3) is 5.91 Å². The maximum atomic E-state index is 12.6. The van der Waals surface area contributed by atoms with Crippen LogP contribution in [-0.4, -0.2) is 24.7 Å². The van der Waals surface area contributed by atoms with Crippen molar-refractivity contribution in [3.05, 3.63) is 28.6 Å². The van der Waals surface area contributed by atoms with Crippen LogP contribution in [0.1, 0.15) is 35.0 Å². The second-order valence-corrected chi connectivity index (χ2v) is 6.99. The molecular weight excluding hydrogens is 284 g/mol. The zero-order valence-corrected chi connectivity index (χ0v) is 13.2. The lowest BCUT2D eigenvalue weighted by atomic mass is 9.95. The number of nitrogens with two attached hydrogens (primary N) is 1. The summed E-state index contributed by atoms with van der Waals surface area (Å²) in [5.41, 5.74) is 7.61. The van der Waals surface area contributed by atoms with Gasteiger partial charge in [-0.05, 0) is 32.3 Å². The van der Waals surface area contributed by atoms with Crippen LogP contribution >= 0.6 is 11.3 Å². The van der Waals surface area contributed by atoms with E-state index in [4.69, 9.17) is 10.5 Å². The molecule has 1 aromatic carbocycles. The van der Waals surface area contributed by atoms with Crippen molar-refractivity contribution in [2.24, 2.45) is 0 Å². The molecule has 1 atom stereocenters. The largest absolute Gasteiger partial charge is 0.397 e. The number of ether oxygens (including phenoxy) is 1. The fourth-order valence-electron chi connectivity index (χ4n) is 2.81. The van der Waals surface area contributed by atoms with E-state index in [0.29, 0.717) is 17.2 Å². The van der Waals surface area contributed by atoms with Gasteiger partial charge in [-0.3, -0.25) is 4.79 Å². The van der Waals surface area contributed by atoms with Gasteiger partial charge in [-0.2, -0.15) is 0 Å². The minimum atomic E-state index is -0.299. The van der Waals surface area contributed by atoms with Gasteiger partial charge in [0.05, 0.1) is 17.8 Å². The van der Waals surface area contributed by atoms with Gasteiger partial charge in [0.1, 0.15) is 4.88 Å². The van der Waals surface area contributed by atoms with E-state index in [1.54, 1.807) is 0 Å². The fraction of sp³-hybridized carbons (Fsp3) is 0.438. The molecule has 1 aliphatic rings. The molecule has 21 heavy (non-hydrogen) atoms. The van der Waals surface area contributed by atoms with Crippen molar-refractivity contribution in [2.45, 2.75) is 32.2 Å². The predicted octanol–water partition coefficient (Wildman–Crippen LogP) is 3.09.